The molecule has 0 spiro atoms. The van der Waals surface area contributed by atoms with Gasteiger partial charge in [-0.25, -0.2) is 9.59 Å². The van der Waals surface area contributed by atoms with Gasteiger partial charge >= 0.3 is 17.9 Å². The van der Waals surface area contributed by atoms with Crippen LogP contribution in [0.1, 0.15) is 34.1 Å². The van der Waals surface area contributed by atoms with Crippen molar-refractivity contribution >= 4 is 28.7 Å². The van der Waals surface area contributed by atoms with Crippen LogP contribution in [0.15, 0.2) is 60.7 Å². The van der Waals surface area contributed by atoms with Gasteiger partial charge in [-0.15, -0.1) is 0 Å². The summed E-state index contributed by atoms with van der Waals surface area (Å²) < 4.78 is 16.1. The maximum absolute atomic E-state index is 12.7. The lowest BCUT2D eigenvalue weighted by atomic mass is 10.0. The monoisotopic (exact) mass is 408 g/mol. The fourth-order valence-electron chi connectivity index (χ4n) is 2.81. The Balaban J connectivity index is 1.77. The van der Waals surface area contributed by atoms with E-state index in [-0.39, 0.29) is 30.5 Å². The number of carboxylic acid groups (broad SMARTS) is 1. The van der Waals surface area contributed by atoms with E-state index in [1.54, 1.807) is 31.2 Å². The van der Waals surface area contributed by atoms with Gasteiger partial charge in [-0.3, -0.25) is 4.79 Å². The van der Waals surface area contributed by atoms with E-state index in [0.717, 1.165) is 5.39 Å². The van der Waals surface area contributed by atoms with Gasteiger partial charge in [-0.05, 0) is 41.8 Å². The molecule has 3 aromatic carbocycles. The Hall–Kier alpha value is -3.87. The van der Waals surface area contributed by atoms with Gasteiger partial charge in [0.25, 0.3) is 0 Å². The van der Waals surface area contributed by atoms with Crippen LogP contribution in [0, 0.1) is 0 Å². The largest absolute Gasteiger partial charge is 0.489 e. The molecule has 0 fully saturated rings. The van der Waals surface area contributed by atoms with Crippen LogP contribution in [0.2, 0.25) is 0 Å². The van der Waals surface area contributed by atoms with E-state index in [4.69, 9.17) is 19.3 Å². The number of carbonyl (C=O) groups excluding carboxylic acids is 2. The van der Waals surface area contributed by atoms with Crippen molar-refractivity contribution in [3.05, 3.63) is 71.8 Å². The number of hydrogen-bond acceptors (Lipinski definition) is 6. The van der Waals surface area contributed by atoms with Gasteiger partial charge in [0.05, 0.1) is 11.1 Å². The SMILES string of the molecule is CCC(=O)OCCOc1ccc(C(=O)Oc2ccc(C(=O)O)cc2)c2ccccc12. The Morgan fingerprint density at radius 1 is 0.867 bits per heavy atom. The normalized spacial score (nSPS) is 10.4. The van der Waals surface area contributed by atoms with Crippen LogP contribution in [0.3, 0.4) is 0 Å². The lowest BCUT2D eigenvalue weighted by Crippen LogP contribution is -2.12. The standard InChI is InChI=1S/C23H20O7/c1-2-21(24)29-14-13-28-20-12-11-19(17-5-3-4-6-18(17)20)23(27)30-16-9-7-15(8-10-16)22(25)26/h3-12H,2,13-14H2,1H3,(H,25,26). The molecule has 0 saturated carbocycles. The first kappa shape index (κ1) is 20.9. The van der Waals surface area contributed by atoms with Gasteiger partial charge in [0.1, 0.15) is 24.7 Å². The second kappa shape index (κ2) is 9.56. The Kier molecular flexibility index (Phi) is 6.64. The fourth-order valence-corrected chi connectivity index (χ4v) is 2.81. The van der Waals surface area contributed by atoms with E-state index in [9.17, 15) is 14.4 Å². The topological polar surface area (TPSA) is 99.1 Å². The molecule has 0 heterocycles. The van der Waals surface area contributed by atoms with Crippen LogP contribution in [-0.2, 0) is 9.53 Å². The van der Waals surface area contributed by atoms with Gasteiger partial charge < -0.3 is 19.3 Å². The fraction of sp³-hybridized carbons (Fsp3) is 0.174. The Morgan fingerprint density at radius 2 is 1.57 bits per heavy atom. The van der Waals surface area contributed by atoms with E-state index in [2.05, 4.69) is 0 Å². The summed E-state index contributed by atoms with van der Waals surface area (Å²) in [6, 6.07) is 16.1. The average Bonchev–Trinajstić information content (AvgIpc) is 2.76. The second-order valence-electron chi connectivity index (χ2n) is 6.30. The number of carbonyl (C=O) groups is 3. The maximum Gasteiger partial charge on any atom is 0.344 e. The molecule has 0 radical (unpaired) electrons. The summed E-state index contributed by atoms with van der Waals surface area (Å²) in [5.41, 5.74) is 0.448. The lowest BCUT2D eigenvalue weighted by molar-refractivity contribution is -0.143. The molecular formula is C23H20O7. The zero-order valence-corrected chi connectivity index (χ0v) is 16.3. The minimum absolute atomic E-state index is 0.103. The molecule has 0 atom stereocenters. The Labute approximate surface area is 172 Å². The van der Waals surface area contributed by atoms with E-state index in [0.29, 0.717) is 23.1 Å². The first-order valence-electron chi connectivity index (χ1n) is 9.35. The quantitative estimate of drug-likeness (QED) is 0.340. The lowest BCUT2D eigenvalue weighted by Gasteiger charge is -2.12. The summed E-state index contributed by atoms with van der Waals surface area (Å²) in [5, 5.41) is 10.3. The number of fused-ring (bicyclic) bond motifs is 1. The third kappa shape index (κ3) is 4.94. The summed E-state index contributed by atoms with van der Waals surface area (Å²) in [5.74, 6) is -1.12. The van der Waals surface area contributed by atoms with E-state index >= 15 is 0 Å². The zero-order chi connectivity index (χ0) is 21.5. The molecule has 0 aliphatic carbocycles. The van der Waals surface area contributed by atoms with Crippen molar-refractivity contribution in [1.29, 1.82) is 0 Å². The number of ether oxygens (including phenoxy) is 3. The highest BCUT2D eigenvalue weighted by molar-refractivity contribution is 6.07. The maximum atomic E-state index is 12.7. The van der Waals surface area contributed by atoms with Crippen LogP contribution in [0.4, 0.5) is 0 Å². The molecule has 30 heavy (non-hydrogen) atoms. The Morgan fingerprint density at radius 3 is 2.23 bits per heavy atom. The van der Waals surface area contributed by atoms with Gasteiger partial charge in [0, 0.05) is 11.8 Å². The number of carboxylic acids is 1. The predicted molar refractivity (Wildman–Crippen MR) is 109 cm³/mol. The van der Waals surface area contributed by atoms with Crippen molar-refractivity contribution < 1.29 is 33.7 Å². The molecule has 0 saturated heterocycles. The molecular weight excluding hydrogens is 388 g/mol. The van der Waals surface area contributed by atoms with Crippen LogP contribution in [-0.4, -0.2) is 36.2 Å². The van der Waals surface area contributed by atoms with Gasteiger partial charge in [0.2, 0.25) is 0 Å². The van der Waals surface area contributed by atoms with Crippen molar-refractivity contribution in [2.75, 3.05) is 13.2 Å². The molecule has 0 aliphatic heterocycles. The average molecular weight is 408 g/mol. The van der Waals surface area contributed by atoms with Gasteiger partial charge in [-0.1, -0.05) is 31.2 Å². The molecule has 0 bridgehead atoms. The molecule has 0 unspecified atom stereocenters. The minimum Gasteiger partial charge on any atom is -0.489 e. The molecule has 154 valence electrons. The number of esters is 2. The van der Waals surface area contributed by atoms with Crippen molar-refractivity contribution in [1.82, 2.24) is 0 Å². The molecule has 1 N–H and O–H groups in total. The highest BCUT2D eigenvalue weighted by Crippen LogP contribution is 2.29. The molecule has 3 aromatic rings. The summed E-state index contributed by atoms with van der Waals surface area (Å²) in [6.45, 7) is 2.04. The van der Waals surface area contributed by atoms with Crippen molar-refractivity contribution in [2.45, 2.75) is 13.3 Å². The Bertz CT molecular complexity index is 1070. The highest BCUT2D eigenvalue weighted by Gasteiger charge is 2.15. The van der Waals surface area contributed by atoms with E-state index in [1.165, 1.54) is 24.3 Å². The van der Waals surface area contributed by atoms with Crippen LogP contribution in [0.5, 0.6) is 11.5 Å². The van der Waals surface area contributed by atoms with Gasteiger partial charge in [0.15, 0.2) is 0 Å². The highest BCUT2D eigenvalue weighted by atomic mass is 16.6. The van der Waals surface area contributed by atoms with Crippen LogP contribution in [0.25, 0.3) is 10.8 Å². The first-order chi connectivity index (χ1) is 14.5. The molecule has 7 heteroatoms. The smallest absolute Gasteiger partial charge is 0.344 e. The number of aromatic carboxylic acids is 1. The molecule has 0 aliphatic rings. The minimum atomic E-state index is -1.06. The summed E-state index contributed by atoms with van der Waals surface area (Å²) >= 11 is 0. The van der Waals surface area contributed by atoms with Gasteiger partial charge in [-0.2, -0.15) is 0 Å². The zero-order valence-electron chi connectivity index (χ0n) is 16.3. The van der Waals surface area contributed by atoms with Crippen molar-refractivity contribution in [3.8, 4) is 11.5 Å². The third-order valence-electron chi connectivity index (χ3n) is 4.31. The number of rotatable bonds is 8. The van der Waals surface area contributed by atoms with Crippen molar-refractivity contribution in [2.24, 2.45) is 0 Å². The van der Waals surface area contributed by atoms with Crippen molar-refractivity contribution in [3.63, 3.8) is 0 Å². The predicted octanol–water partition coefficient (Wildman–Crippen LogP) is 4.09. The first-order valence-corrected chi connectivity index (χ1v) is 9.35. The molecule has 0 aromatic heterocycles. The number of hydrogen-bond donors (Lipinski definition) is 1. The second-order valence-corrected chi connectivity index (χ2v) is 6.30. The molecule has 7 nitrogen and oxygen atoms in total. The summed E-state index contributed by atoms with van der Waals surface area (Å²) in [6.07, 6.45) is 0.304. The molecule has 3 rings (SSSR count). The van der Waals surface area contributed by atoms with Crippen LogP contribution >= 0.6 is 0 Å². The third-order valence-corrected chi connectivity index (χ3v) is 4.31. The summed E-state index contributed by atoms with van der Waals surface area (Å²) in [4.78, 5) is 34.8. The summed E-state index contributed by atoms with van der Waals surface area (Å²) in [7, 11) is 0. The van der Waals surface area contributed by atoms with Crippen LogP contribution < -0.4 is 9.47 Å². The number of benzene rings is 3. The van der Waals surface area contributed by atoms with E-state index in [1.807, 2.05) is 12.1 Å². The molecule has 0 amide bonds. The van der Waals surface area contributed by atoms with E-state index < -0.39 is 11.9 Å².